The number of nitrogens with one attached hydrogen (secondary N) is 1. The van der Waals surface area contributed by atoms with E-state index in [0.717, 1.165) is 10.0 Å². The Morgan fingerprint density at radius 1 is 1.15 bits per heavy atom. The lowest BCUT2D eigenvalue weighted by Gasteiger charge is -2.12. The smallest absolute Gasteiger partial charge is 0.255 e. The van der Waals surface area contributed by atoms with Gasteiger partial charge in [-0.3, -0.25) is 9.48 Å². The zero-order valence-electron chi connectivity index (χ0n) is 14.4. The normalized spacial score (nSPS) is 10.4. The van der Waals surface area contributed by atoms with Crippen LogP contribution in [0.3, 0.4) is 0 Å². The van der Waals surface area contributed by atoms with Gasteiger partial charge in [-0.25, -0.2) is 0 Å². The molecule has 1 aromatic heterocycles. The van der Waals surface area contributed by atoms with E-state index in [9.17, 15) is 4.79 Å². The van der Waals surface area contributed by atoms with E-state index in [1.807, 2.05) is 23.0 Å². The van der Waals surface area contributed by atoms with E-state index in [0.29, 0.717) is 29.3 Å². The van der Waals surface area contributed by atoms with E-state index in [-0.39, 0.29) is 5.91 Å². The van der Waals surface area contributed by atoms with Crippen molar-refractivity contribution in [2.24, 2.45) is 0 Å². The lowest BCUT2D eigenvalue weighted by Crippen LogP contribution is -2.13. The number of nitrogens with zero attached hydrogens (tertiary/aromatic N) is 2. The second-order valence-electron chi connectivity index (χ2n) is 5.57. The van der Waals surface area contributed by atoms with Gasteiger partial charge in [0.2, 0.25) is 0 Å². The summed E-state index contributed by atoms with van der Waals surface area (Å²) < 4.78 is 13.2. The number of hydrogen-bond donors (Lipinski definition) is 1. The predicted octanol–water partition coefficient (Wildman–Crippen LogP) is 3.96. The number of amides is 1. The number of benzene rings is 2. The first kappa shape index (κ1) is 18.0. The molecule has 3 rings (SSSR count). The molecular formula is C19H18BrN3O3. The third kappa shape index (κ3) is 4.23. The second kappa shape index (κ2) is 8.05. The molecule has 0 unspecified atom stereocenters. The van der Waals surface area contributed by atoms with Crippen molar-refractivity contribution in [2.45, 2.75) is 6.54 Å². The summed E-state index contributed by atoms with van der Waals surface area (Å²) in [7, 11) is 3.13. The van der Waals surface area contributed by atoms with Gasteiger partial charge in [-0.05, 0) is 45.8 Å². The van der Waals surface area contributed by atoms with E-state index in [4.69, 9.17) is 9.47 Å². The van der Waals surface area contributed by atoms with E-state index >= 15 is 0 Å². The van der Waals surface area contributed by atoms with Gasteiger partial charge < -0.3 is 14.8 Å². The molecule has 1 N–H and O–H groups in total. The van der Waals surface area contributed by atoms with Crippen LogP contribution in [-0.2, 0) is 6.54 Å². The molecule has 0 bridgehead atoms. The van der Waals surface area contributed by atoms with Crippen molar-refractivity contribution < 1.29 is 14.3 Å². The molecular weight excluding hydrogens is 398 g/mol. The summed E-state index contributed by atoms with van der Waals surface area (Å²) in [6.45, 7) is 0.639. The number of halogens is 1. The number of ether oxygens (including phenoxy) is 2. The van der Waals surface area contributed by atoms with Crippen molar-refractivity contribution >= 4 is 27.5 Å². The Morgan fingerprint density at radius 3 is 2.54 bits per heavy atom. The Bertz CT molecular complexity index is 907. The molecule has 134 valence electrons. The monoisotopic (exact) mass is 415 g/mol. The molecule has 0 aliphatic heterocycles. The SMILES string of the molecule is COc1ccc(NC(=O)c2ccc(Cn3cc(Br)cn3)cc2)c(OC)c1. The number of carbonyl (C=O) groups excluding carboxylic acids is 1. The van der Waals surface area contributed by atoms with Crippen LogP contribution in [0.4, 0.5) is 5.69 Å². The first-order chi connectivity index (χ1) is 12.6. The third-order valence-corrected chi connectivity index (χ3v) is 4.23. The molecule has 0 spiro atoms. The molecule has 6 nitrogen and oxygen atoms in total. The number of anilines is 1. The molecule has 0 saturated carbocycles. The van der Waals surface area contributed by atoms with Gasteiger partial charge in [-0.2, -0.15) is 5.10 Å². The highest BCUT2D eigenvalue weighted by molar-refractivity contribution is 9.10. The average Bonchev–Trinajstić information content (AvgIpc) is 3.07. The molecule has 0 saturated heterocycles. The summed E-state index contributed by atoms with van der Waals surface area (Å²) in [6, 6.07) is 12.6. The summed E-state index contributed by atoms with van der Waals surface area (Å²) in [5.74, 6) is 0.995. The van der Waals surface area contributed by atoms with Crippen LogP contribution in [0.1, 0.15) is 15.9 Å². The van der Waals surface area contributed by atoms with Gasteiger partial charge >= 0.3 is 0 Å². The quantitative estimate of drug-likeness (QED) is 0.661. The van der Waals surface area contributed by atoms with E-state index in [1.54, 1.807) is 50.7 Å². The first-order valence-corrected chi connectivity index (χ1v) is 8.68. The molecule has 1 heterocycles. The molecule has 0 fully saturated rings. The standard InChI is InChI=1S/C19H18BrN3O3/c1-25-16-7-8-17(18(9-16)26-2)22-19(24)14-5-3-13(4-6-14)11-23-12-15(20)10-21-23/h3-10,12H,11H2,1-2H3,(H,22,24). The maximum Gasteiger partial charge on any atom is 0.255 e. The van der Waals surface area contributed by atoms with Crippen LogP contribution in [0.2, 0.25) is 0 Å². The molecule has 0 atom stereocenters. The largest absolute Gasteiger partial charge is 0.497 e. The van der Waals surface area contributed by atoms with Gasteiger partial charge in [0.15, 0.2) is 0 Å². The highest BCUT2D eigenvalue weighted by Crippen LogP contribution is 2.29. The van der Waals surface area contributed by atoms with Crippen molar-refractivity contribution in [1.29, 1.82) is 0 Å². The van der Waals surface area contributed by atoms with Gasteiger partial charge in [0.05, 0.1) is 37.1 Å². The minimum atomic E-state index is -0.207. The number of aromatic nitrogens is 2. The predicted molar refractivity (Wildman–Crippen MR) is 103 cm³/mol. The van der Waals surface area contributed by atoms with Crippen molar-refractivity contribution in [1.82, 2.24) is 9.78 Å². The fourth-order valence-corrected chi connectivity index (χ4v) is 2.80. The summed E-state index contributed by atoms with van der Waals surface area (Å²) in [5, 5.41) is 7.08. The fourth-order valence-electron chi connectivity index (χ4n) is 2.47. The first-order valence-electron chi connectivity index (χ1n) is 7.89. The molecule has 1 amide bonds. The lowest BCUT2D eigenvalue weighted by atomic mass is 10.1. The number of hydrogen-bond acceptors (Lipinski definition) is 4. The van der Waals surface area contributed by atoms with Crippen LogP contribution < -0.4 is 14.8 Å². The Balaban J connectivity index is 1.70. The zero-order chi connectivity index (χ0) is 18.5. The van der Waals surface area contributed by atoms with E-state index < -0.39 is 0 Å². The number of carbonyl (C=O) groups is 1. The van der Waals surface area contributed by atoms with Crippen LogP contribution >= 0.6 is 15.9 Å². The van der Waals surface area contributed by atoms with Crippen molar-refractivity contribution in [2.75, 3.05) is 19.5 Å². The van der Waals surface area contributed by atoms with Gasteiger partial charge in [-0.1, -0.05) is 12.1 Å². The fraction of sp³-hybridized carbons (Fsp3) is 0.158. The molecule has 2 aromatic carbocycles. The van der Waals surface area contributed by atoms with Crippen molar-refractivity contribution in [3.63, 3.8) is 0 Å². The highest BCUT2D eigenvalue weighted by atomic mass is 79.9. The lowest BCUT2D eigenvalue weighted by molar-refractivity contribution is 0.102. The van der Waals surface area contributed by atoms with Crippen molar-refractivity contribution in [3.05, 3.63) is 70.5 Å². The summed E-state index contributed by atoms with van der Waals surface area (Å²) in [6.07, 6.45) is 3.64. The zero-order valence-corrected chi connectivity index (χ0v) is 16.0. The van der Waals surface area contributed by atoms with Gasteiger partial charge in [0.1, 0.15) is 11.5 Å². The molecule has 0 aliphatic carbocycles. The van der Waals surface area contributed by atoms with Gasteiger partial charge in [-0.15, -0.1) is 0 Å². The average molecular weight is 416 g/mol. The number of rotatable bonds is 6. The van der Waals surface area contributed by atoms with Crippen molar-refractivity contribution in [3.8, 4) is 11.5 Å². The van der Waals surface area contributed by atoms with E-state index in [1.165, 1.54) is 0 Å². The van der Waals surface area contributed by atoms with Crippen LogP contribution in [0.15, 0.2) is 59.3 Å². The maximum absolute atomic E-state index is 12.5. The van der Waals surface area contributed by atoms with Gasteiger partial charge in [0, 0.05) is 17.8 Å². The summed E-state index contributed by atoms with van der Waals surface area (Å²) in [4.78, 5) is 12.5. The third-order valence-electron chi connectivity index (χ3n) is 3.82. The summed E-state index contributed by atoms with van der Waals surface area (Å²) >= 11 is 3.37. The maximum atomic E-state index is 12.5. The number of methoxy groups -OCH3 is 2. The Labute approximate surface area is 159 Å². The molecule has 0 radical (unpaired) electrons. The van der Waals surface area contributed by atoms with Crippen LogP contribution in [0.5, 0.6) is 11.5 Å². The Kier molecular flexibility index (Phi) is 5.58. The molecule has 0 aliphatic rings. The van der Waals surface area contributed by atoms with Crippen LogP contribution in [0.25, 0.3) is 0 Å². The Hall–Kier alpha value is -2.80. The molecule has 26 heavy (non-hydrogen) atoms. The topological polar surface area (TPSA) is 65.4 Å². The van der Waals surface area contributed by atoms with Gasteiger partial charge in [0.25, 0.3) is 5.91 Å². The molecule has 7 heteroatoms. The van der Waals surface area contributed by atoms with Crippen LogP contribution in [0, 0.1) is 0 Å². The minimum Gasteiger partial charge on any atom is -0.497 e. The second-order valence-corrected chi connectivity index (χ2v) is 6.49. The Morgan fingerprint density at radius 2 is 1.92 bits per heavy atom. The summed E-state index contributed by atoms with van der Waals surface area (Å²) in [5.41, 5.74) is 2.20. The molecule has 3 aromatic rings. The minimum absolute atomic E-state index is 0.207. The van der Waals surface area contributed by atoms with E-state index in [2.05, 4.69) is 26.3 Å². The van der Waals surface area contributed by atoms with Crippen LogP contribution in [-0.4, -0.2) is 29.9 Å². The highest BCUT2D eigenvalue weighted by Gasteiger charge is 2.11.